The SMILES string of the molecule is CCn1cc(CN2CCn3nc(CN4CCCOCC4)cc3C2)cc1C#N. The first-order chi connectivity index (χ1) is 13.2. The molecule has 2 aliphatic rings. The molecule has 0 spiro atoms. The third-order valence-corrected chi connectivity index (χ3v) is 5.44. The third-order valence-electron chi connectivity index (χ3n) is 5.44. The maximum absolute atomic E-state index is 9.25. The number of rotatable bonds is 5. The van der Waals surface area contributed by atoms with Crippen molar-refractivity contribution in [2.75, 3.05) is 32.8 Å². The van der Waals surface area contributed by atoms with Gasteiger partial charge in [-0.05, 0) is 31.0 Å². The monoisotopic (exact) mass is 368 g/mol. The van der Waals surface area contributed by atoms with E-state index in [2.05, 4.69) is 39.7 Å². The molecule has 1 saturated heterocycles. The van der Waals surface area contributed by atoms with Gasteiger partial charge in [-0.2, -0.15) is 10.4 Å². The maximum Gasteiger partial charge on any atom is 0.120 e. The van der Waals surface area contributed by atoms with Crippen LogP contribution < -0.4 is 0 Å². The van der Waals surface area contributed by atoms with Gasteiger partial charge >= 0.3 is 0 Å². The second kappa shape index (κ2) is 8.26. The number of ether oxygens (including phenoxy) is 1. The molecule has 2 aromatic rings. The minimum absolute atomic E-state index is 0.748. The van der Waals surface area contributed by atoms with Crippen LogP contribution in [-0.4, -0.2) is 57.0 Å². The predicted molar refractivity (Wildman–Crippen MR) is 102 cm³/mol. The number of hydrogen-bond acceptors (Lipinski definition) is 5. The van der Waals surface area contributed by atoms with Crippen LogP contribution in [0.3, 0.4) is 0 Å². The summed E-state index contributed by atoms with van der Waals surface area (Å²) < 4.78 is 9.73. The molecule has 0 bridgehead atoms. The molecule has 0 N–H and O–H groups in total. The number of fused-ring (bicyclic) bond motifs is 1. The van der Waals surface area contributed by atoms with Gasteiger partial charge in [0.2, 0.25) is 0 Å². The summed E-state index contributed by atoms with van der Waals surface area (Å²) in [7, 11) is 0. The molecule has 1 fully saturated rings. The molecule has 0 atom stereocenters. The molecule has 2 aliphatic heterocycles. The van der Waals surface area contributed by atoms with Crippen molar-refractivity contribution in [3.63, 3.8) is 0 Å². The fraction of sp³-hybridized carbons (Fsp3) is 0.600. The number of hydrogen-bond donors (Lipinski definition) is 0. The molecule has 4 rings (SSSR count). The molecule has 0 aromatic carbocycles. The molecular weight excluding hydrogens is 340 g/mol. The summed E-state index contributed by atoms with van der Waals surface area (Å²) in [6, 6.07) is 6.56. The molecular formula is C20H28N6O. The Hall–Kier alpha value is -2.14. The van der Waals surface area contributed by atoms with Crippen molar-refractivity contribution in [3.05, 3.63) is 41.0 Å². The summed E-state index contributed by atoms with van der Waals surface area (Å²) >= 11 is 0. The van der Waals surface area contributed by atoms with Gasteiger partial charge in [-0.1, -0.05) is 0 Å². The molecule has 7 nitrogen and oxygen atoms in total. The van der Waals surface area contributed by atoms with Crippen LogP contribution in [0.4, 0.5) is 0 Å². The normalized spacial score (nSPS) is 18.8. The van der Waals surface area contributed by atoms with Crippen LogP contribution in [0.5, 0.6) is 0 Å². The van der Waals surface area contributed by atoms with E-state index in [0.717, 1.165) is 83.4 Å². The van der Waals surface area contributed by atoms with E-state index in [0.29, 0.717) is 0 Å². The van der Waals surface area contributed by atoms with E-state index < -0.39 is 0 Å². The zero-order valence-electron chi connectivity index (χ0n) is 16.1. The van der Waals surface area contributed by atoms with Crippen LogP contribution in [0.2, 0.25) is 0 Å². The smallest absolute Gasteiger partial charge is 0.120 e. The fourth-order valence-electron chi connectivity index (χ4n) is 4.05. The van der Waals surface area contributed by atoms with Gasteiger partial charge in [0.25, 0.3) is 0 Å². The van der Waals surface area contributed by atoms with Gasteiger partial charge in [0.15, 0.2) is 0 Å². The van der Waals surface area contributed by atoms with Crippen molar-refractivity contribution >= 4 is 0 Å². The Kier molecular flexibility index (Phi) is 5.58. The average molecular weight is 368 g/mol. The molecule has 0 radical (unpaired) electrons. The lowest BCUT2D eigenvalue weighted by Gasteiger charge is -2.27. The van der Waals surface area contributed by atoms with Crippen molar-refractivity contribution in [3.8, 4) is 6.07 Å². The Morgan fingerprint density at radius 1 is 1.11 bits per heavy atom. The first-order valence-electron chi connectivity index (χ1n) is 9.92. The van der Waals surface area contributed by atoms with Crippen molar-refractivity contribution in [2.24, 2.45) is 0 Å². The quantitative estimate of drug-likeness (QED) is 0.806. The highest BCUT2D eigenvalue weighted by Crippen LogP contribution is 2.19. The Bertz CT molecular complexity index is 809. The van der Waals surface area contributed by atoms with Gasteiger partial charge < -0.3 is 9.30 Å². The van der Waals surface area contributed by atoms with Crippen LogP contribution in [0.15, 0.2) is 18.3 Å². The largest absolute Gasteiger partial charge is 0.380 e. The minimum atomic E-state index is 0.748. The second-order valence-corrected chi connectivity index (χ2v) is 7.43. The molecule has 2 aromatic heterocycles. The van der Waals surface area contributed by atoms with Crippen LogP contribution >= 0.6 is 0 Å². The zero-order chi connectivity index (χ0) is 18.6. The summed E-state index contributed by atoms with van der Waals surface area (Å²) in [5.41, 5.74) is 4.42. The Labute approximate surface area is 160 Å². The van der Waals surface area contributed by atoms with Crippen molar-refractivity contribution in [2.45, 2.75) is 46.1 Å². The molecule has 0 amide bonds. The lowest BCUT2D eigenvalue weighted by Crippen LogP contribution is -2.33. The van der Waals surface area contributed by atoms with Crippen molar-refractivity contribution in [1.82, 2.24) is 24.1 Å². The summed E-state index contributed by atoms with van der Waals surface area (Å²) in [5, 5.41) is 14.1. The molecule has 4 heterocycles. The van der Waals surface area contributed by atoms with Gasteiger partial charge in [0.1, 0.15) is 11.8 Å². The van der Waals surface area contributed by atoms with E-state index in [1.807, 2.05) is 10.6 Å². The lowest BCUT2D eigenvalue weighted by molar-refractivity contribution is 0.140. The third kappa shape index (κ3) is 4.24. The average Bonchev–Trinajstić information content (AvgIpc) is 3.16. The highest BCUT2D eigenvalue weighted by molar-refractivity contribution is 5.28. The Balaban J connectivity index is 1.39. The molecule has 0 aliphatic carbocycles. The first-order valence-corrected chi connectivity index (χ1v) is 9.92. The minimum Gasteiger partial charge on any atom is -0.380 e. The maximum atomic E-state index is 9.25. The van der Waals surface area contributed by atoms with Gasteiger partial charge in [-0.15, -0.1) is 0 Å². The number of nitriles is 1. The topological polar surface area (TPSA) is 62.3 Å². The second-order valence-electron chi connectivity index (χ2n) is 7.43. The predicted octanol–water partition coefficient (Wildman–Crippen LogP) is 1.81. The van der Waals surface area contributed by atoms with E-state index in [1.165, 1.54) is 11.3 Å². The van der Waals surface area contributed by atoms with Gasteiger partial charge in [-0.3, -0.25) is 14.5 Å². The lowest BCUT2D eigenvalue weighted by atomic mass is 10.2. The summed E-state index contributed by atoms with van der Waals surface area (Å²) in [4.78, 5) is 4.88. The Morgan fingerprint density at radius 3 is 2.85 bits per heavy atom. The van der Waals surface area contributed by atoms with Crippen molar-refractivity contribution < 1.29 is 4.74 Å². The molecule has 144 valence electrons. The van der Waals surface area contributed by atoms with Crippen LogP contribution in [0.1, 0.15) is 36.0 Å². The zero-order valence-corrected chi connectivity index (χ0v) is 16.1. The van der Waals surface area contributed by atoms with Crippen LogP contribution in [0.25, 0.3) is 0 Å². The van der Waals surface area contributed by atoms with Crippen molar-refractivity contribution in [1.29, 1.82) is 5.26 Å². The van der Waals surface area contributed by atoms with E-state index in [-0.39, 0.29) is 0 Å². The van der Waals surface area contributed by atoms with Gasteiger partial charge in [0.05, 0.1) is 24.5 Å². The highest BCUT2D eigenvalue weighted by Gasteiger charge is 2.20. The standard InChI is InChI=1S/C20H28N6O/c1-2-25-14-17(10-19(25)12-21)13-24-5-6-26-20(16-24)11-18(22-26)15-23-4-3-8-27-9-7-23/h10-11,14H,2-9,13,15-16H2,1H3. The van der Waals surface area contributed by atoms with E-state index in [4.69, 9.17) is 9.84 Å². The van der Waals surface area contributed by atoms with E-state index in [1.54, 1.807) is 0 Å². The van der Waals surface area contributed by atoms with Gasteiger partial charge in [-0.25, -0.2) is 0 Å². The molecule has 0 unspecified atom stereocenters. The van der Waals surface area contributed by atoms with E-state index in [9.17, 15) is 5.26 Å². The summed E-state index contributed by atoms with van der Waals surface area (Å²) in [6.45, 7) is 11.3. The molecule has 0 saturated carbocycles. The molecule has 7 heteroatoms. The highest BCUT2D eigenvalue weighted by atomic mass is 16.5. The van der Waals surface area contributed by atoms with E-state index >= 15 is 0 Å². The molecule has 27 heavy (non-hydrogen) atoms. The fourth-order valence-corrected chi connectivity index (χ4v) is 4.05. The van der Waals surface area contributed by atoms with Crippen LogP contribution in [0, 0.1) is 11.3 Å². The number of aromatic nitrogens is 3. The number of aryl methyl sites for hydroxylation is 1. The van der Waals surface area contributed by atoms with Gasteiger partial charge in [0, 0.05) is 58.6 Å². The Morgan fingerprint density at radius 2 is 2.04 bits per heavy atom. The van der Waals surface area contributed by atoms with Crippen LogP contribution in [-0.2, 0) is 37.5 Å². The first kappa shape index (κ1) is 18.2. The number of nitrogens with zero attached hydrogens (tertiary/aromatic N) is 6. The summed E-state index contributed by atoms with van der Waals surface area (Å²) in [6.07, 6.45) is 3.21. The summed E-state index contributed by atoms with van der Waals surface area (Å²) in [5.74, 6) is 0.